The van der Waals surface area contributed by atoms with Crippen LogP contribution in [-0.2, 0) is 16.1 Å². The van der Waals surface area contributed by atoms with Gasteiger partial charge in [0, 0.05) is 5.56 Å². The first-order valence-electron chi connectivity index (χ1n) is 8.90. The molecule has 138 valence electrons. The number of tetrazole rings is 1. The number of carbonyl (C=O) groups excluding carboxylic acids is 1. The van der Waals surface area contributed by atoms with Crippen LogP contribution in [0.2, 0.25) is 0 Å². The second-order valence-electron chi connectivity index (χ2n) is 6.80. The molecule has 8 heteroatoms. The van der Waals surface area contributed by atoms with E-state index in [1.165, 1.54) is 4.80 Å². The van der Waals surface area contributed by atoms with E-state index in [1.54, 1.807) is 0 Å². The number of aromatic nitrogens is 4. The van der Waals surface area contributed by atoms with Gasteiger partial charge < -0.3 is 10.4 Å². The highest BCUT2D eigenvalue weighted by Crippen LogP contribution is 2.34. The van der Waals surface area contributed by atoms with Gasteiger partial charge in [0.05, 0.1) is 0 Å². The van der Waals surface area contributed by atoms with E-state index in [-0.39, 0.29) is 6.54 Å². The fraction of sp³-hybridized carbons (Fsp3) is 0.500. The van der Waals surface area contributed by atoms with Gasteiger partial charge in [-0.15, -0.1) is 10.2 Å². The molecule has 26 heavy (non-hydrogen) atoms. The third-order valence-corrected chi connectivity index (χ3v) is 5.09. The molecule has 1 heterocycles. The van der Waals surface area contributed by atoms with Gasteiger partial charge >= 0.3 is 5.97 Å². The number of benzene rings is 1. The molecule has 0 radical (unpaired) electrons. The Balaban J connectivity index is 1.64. The molecule has 0 saturated heterocycles. The van der Waals surface area contributed by atoms with Crippen molar-refractivity contribution in [1.29, 1.82) is 0 Å². The van der Waals surface area contributed by atoms with Crippen LogP contribution in [0.1, 0.15) is 39.0 Å². The van der Waals surface area contributed by atoms with Crippen molar-refractivity contribution in [2.24, 2.45) is 5.92 Å². The summed E-state index contributed by atoms with van der Waals surface area (Å²) in [6.45, 7) is 1.95. The van der Waals surface area contributed by atoms with E-state index in [0.717, 1.165) is 24.8 Å². The number of rotatable bonds is 6. The molecule has 2 N–H and O–H groups in total. The molecule has 1 aliphatic rings. The smallest absolute Gasteiger partial charge is 0.329 e. The Morgan fingerprint density at radius 3 is 2.58 bits per heavy atom. The van der Waals surface area contributed by atoms with Crippen molar-refractivity contribution in [2.75, 3.05) is 0 Å². The van der Waals surface area contributed by atoms with Crippen LogP contribution in [0.5, 0.6) is 0 Å². The maximum atomic E-state index is 12.4. The number of carboxylic acids is 1. The summed E-state index contributed by atoms with van der Waals surface area (Å²) in [5.41, 5.74) is -0.384. The van der Waals surface area contributed by atoms with E-state index in [1.807, 2.05) is 30.3 Å². The van der Waals surface area contributed by atoms with Crippen molar-refractivity contribution in [3.05, 3.63) is 30.3 Å². The number of carboxylic acid groups (broad SMARTS) is 1. The van der Waals surface area contributed by atoms with Crippen molar-refractivity contribution in [3.63, 3.8) is 0 Å². The van der Waals surface area contributed by atoms with Gasteiger partial charge in [-0.1, -0.05) is 43.7 Å². The minimum absolute atomic E-state index is 0.161. The topological polar surface area (TPSA) is 110 Å². The summed E-state index contributed by atoms with van der Waals surface area (Å²) in [6.07, 6.45) is 3.56. The molecule has 1 aliphatic carbocycles. The Kier molecular flexibility index (Phi) is 5.29. The van der Waals surface area contributed by atoms with E-state index in [9.17, 15) is 14.7 Å². The summed E-state index contributed by atoms with van der Waals surface area (Å²) in [4.78, 5) is 25.4. The zero-order valence-corrected chi connectivity index (χ0v) is 14.8. The minimum Gasteiger partial charge on any atom is -0.480 e. The second-order valence-corrected chi connectivity index (χ2v) is 6.80. The van der Waals surface area contributed by atoms with Crippen molar-refractivity contribution in [1.82, 2.24) is 25.5 Å². The van der Waals surface area contributed by atoms with Crippen molar-refractivity contribution < 1.29 is 14.7 Å². The highest BCUT2D eigenvalue weighted by Gasteiger charge is 2.42. The quantitative estimate of drug-likeness (QED) is 0.817. The summed E-state index contributed by atoms with van der Waals surface area (Å²) in [5.74, 6) is -0.434. The van der Waals surface area contributed by atoms with Gasteiger partial charge in [-0.25, -0.2) is 4.79 Å². The molecular formula is C18H23N5O3. The Bertz CT molecular complexity index is 766. The molecule has 0 atom stereocenters. The van der Waals surface area contributed by atoms with Crippen LogP contribution in [0.15, 0.2) is 30.3 Å². The molecular weight excluding hydrogens is 334 g/mol. The SMILES string of the molecule is CCC1CCC(NC(=O)Cn2nnc(-c3ccccc3)n2)(C(=O)O)CC1. The molecule has 1 fully saturated rings. The van der Waals surface area contributed by atoms with E-state index < -0.39 is 17.4 Å². The average Bonchev–Trinajstić information content (AvgIpc) is 3.11. The van der Waals surface area contributed by atoms with Crippen molar-refractivity contribution >= 4 is 11.9 Å². The lowest BCUT2D eigenvalue weighted by Gasteiger charge is -2.37. The normalized spacial score (nSPS) is 22.7. The fourth-order valence-corrected chi connectivity index (χ4v) is 3.42. The highest BCUT2D eigenvalue weighted by atomic mass is 16.4. The average molecular weight is 357 g/mol. The van der Waals surface area contributed by atoms with Crippen molar-refractivity contribution in [2.45, 2.75) is 51.1 Å². The largest absolute Gasteiger partial charge is 0.480 e. The third kappa shape index (κ3) is 3.89. The Morgan fingerprint density at radius 2 is 1.96 bits per heavy atom. The Labute approximate surface area is 151 Å². The Morgan fingerprint density at radius 1 is 1.27 bits per heavy atom. The molecule has 0 aliphatic heterocycles. The third-order valence-electron chi connectivity index (χ3n) is 5.09. The molecule has 2 aromatic rings. The van der Waals surface area contributed by atoms with Crippen LogP contribution >= 0.6 is 0 Å². The van der Waals surface area contributed by atoms with Gasteiger partial charge in [-0.3, -0.25) is 4.79 Å². The number of hydrogen-bond donors (Lipinski definition) is 2. The molecule has 1 saturated carbocycles. The number of aliphatic carboxylic acids is 1. The van der Waals surface area contributed by atoms with Gasteiger partial charge in [0.1, 0.15) is 12.1 Å². The second kappa shape index (κ2) is 7.63. The first-order chi connectivity index (χ1) is 12.5. The lowest BCUT2D eigenvalue weighted by Crippen LogP contribution is -2.57. The predicted octanol–water partition coefficient (Wildman–Crippen LogP) is 1.88. The van der Waals surface area contributed by atoms with Crippen LogP contribution < -0.4 is 5.32 Å². The minimum atomic E-state index is -1.19. The lowest BCUT2D eigenvalue weighted by molar-refractivity contribution is -0.150. The van der Waals surface area contributed by atoms with Crippen LogP contribution in [0, 0.1) is 5.92 Å². The van der Waals surface area contributed by atoms with Crippen LogP contribution in [0.4, 0.5) is 0 Å². The van der Waals surface area contributed by atoms with Gasteiger partial charge in [0.2, 0.25) is 11.7 Å². The summed E-state index contributed by atoms with van der Waals surface area (Å²) >= 11 is 0. The lowest BCUT2D eigenvalue weighted by atomic mass is 9.75. The Hall–Kier alpha value is -2.77. The zero-order chi connectivity index (χ0) is 18.6. The summed E-state index contributed by atoms with van der Waals surface area (Å²) < 4.78 is 0. The van der Waals surface area contributed by atoms with E-state index in [2.05, 4.69) is 27.7 Å². The highest BCUT2D eigenvalue weighted by molar-refractivity contribution is 5.87. The summed E-state index contributed by atoms with van der Waals surface area (Å²) in [5, 5.41) is 24.4. The molecule has 1 aromatic heterocycles. The van der Waals surface area contributed by atoms with Gasteiger partial charge in [-0.05, 0) is 36.8 Å². The van der Waals surface area contributed by atoms with E-state index >= 15 is 0 Å². The standard InChI is InChI=1S/C18H23N5O3/c1-2-13-8-10-18(11-9-13,17(25)26)19-15(24)12-23-21-16(20-22-23)14-6-4-3-5-7-14/h3-7,13H,2,8-12H2,1H3,(H,19,24)(H,25,26). The monoisotopic (exact) mass is 357 g/mol. The summed E-state index contributed by atoms with van der Waals surface area (Å²) in [6, 6.07) is 9.33. The maximum Gasteiger partial charge on any atom is 0.329 e. The van der Waals surface area contributed by atoms with E-state index in [0.29, 0.717) is 24.6 Å². The molecule has 1 amide bonds. The van der Waals surface area contributed by atoms with E-state index in [4.69, 9.17) is 0 Å². The summed E-state index contributed by atoms with van der Waals surface area (Å²) in [7, 11) is 0. The van der Waals surface area contributed by atoms with Crippen LogP contribution in [-0.4, -0.2) is 42.7 Å². The molecule has 3 rings (SSSR count). The molecule has 8 nitrogen and oxygen atoms in total. The van der Waals surface area contributed by atoms with Crippen LogP contribution in [0.3, 0.4) is 0 Å². The fourth-order valence-electron chi connectivity index (χ4n) is 3.42. The molecule has 0 bridgehead atoms. The number of hydrogen-bond acceptors (Lipinski definition) is 5. The first kappa shape index (κ1) is 18.0. The first-order valence-corrected chi connectivity index (χ1v) is 8.90. The van der Waals surface area contributed by atoms with Gasteiger partial charge in [-0.2, -0.15) is 4.80 Å². The van der Waals surface area contributed by atoms with Crippen molar-refractivity contribution in [3.8, 4) is 11.4 Å². The predicted molar refractivity (Wildman–Crippen MR) is 94.0 cm³/mol. The van der Waals surface area contributed by atoms with Gasteiger partial charge in [0.15, 0.2) is 0 Å². The number of nitrogens with zero attached hydrogens (tertiary/aromatic N) is 4. The number of carbonyl (C=O) groups is 2. The van der Waals surface area contributed by atoms with Gasteiger partial charge in [0.25, 0.3) is 0 Å². The molecule has 1 aromatic carbocycles. The molecule has 0 spiro atoms. The van der Waals surface area contributed by atoms with Crippen LogP contribution in [0.25, 0.3) is 11.4 Å². The zero-order valence-electron chi connectivity index (χ0n) is 14.8. The number of amides is 1. The number of nitrogens with one attached hydrogen (secondary N) is 1. The maximum absolute atomic E-state index is 12.4. The molecule has 0 unspecified atom stereocenters.